The standard InChI is InChI=1S/C12H16OS/c1-10-7-12(13-8-10)14-9-11-5-3-2-4-6-11/h2-6,10,12H,7-9H2,1H3/t10-,12?/m1/s1. The minimum Gasteiger partial charge on any atom is -0.367 e. The van der Waals surface area contributed by atoms with Gasteiger partial charge in [0.25, 0.3) is 0 Å². The Bertz CT molecular complexity index is 273. The lowest BCUT2D eigenvalue weighted by Gasteiger charge is -2.08. The summed E-state index contributed by atoms with van der Waals surface area (Å²) in [6.45, 7) is 3.19. The summed E-state index contributed by atoms with van der Waals surface area (Å²) in [4.78, 5) is 0. The highest BCUT2D eigenvalue weighted by atomic mass is 32.2. The van der Waals surface area contributed by atoms with E-state index in [1.807, 2.05) is 11.8 Å². The van der Waals surface area contributed by atoms with Gasteiger partial charge < -0.3 is 4.74 Å². The Hall–Kier alpha value is -0.470. The van der Waals surface area contributed by atoms with Crippen LogP contribution in [-0.4, -0.2) is 12.0 Å². The summed E-state index contributed by atoms with van der Waals surface area (Å²) in [5.41, 5.74) is 1.81. The summed E-state index contributed by atoms with van der Waals surface area (Å²) in [7, 11) is 0. The topological polar surface area (TPSA) is 9.23 Å². The Morgan fingerprint density at radius 3 is 2.79 bits per heavy atom. The Labute approximate surface area is 89.9 Å². The molecule has 1 aromatic carbocycles. The van der Waals surface area contributed by atoms with Gasteiger partial charge in [0.1, 0.15) is 5.44 Å². The van der Waals surface area contributed by atoms with E-state index in [4.69, 9.17) is 4.74 Å². The molecule has 0 aromatic heterocycles. The molecule has 1 unspecified atom stereocenters. The van der Waals surface area contributed by atoms with Gasteiger partial charge >= 0.3 is 0 Å². The maximum Gasteiger partial charge on any atom is 0.103 e. The maximum absolute atomic E-state index is 5.65. The lowest BCUT2D eigenvalue weighted by molar-refractivity contribution is 0.166. The summed E-state index contributed by atoms with van der Waals surface area (Å²) in [6.07, 6.45) is 1.21. The summed E-state index contributed by atoms with van der Waals surface area (Å²) in [6, 6.07) is 10.6. The van der Waals surface area contributed by atoms with Gasteiger partial charge in [-0.2, -0.15) is 0 Å². The minimum atomic E-state index is 0.421. The molecule has 2 rings (SSSR count). The number of hydrogen-bond donors (Lipinski definition) is 0. The van der Waals surface area contributed by atoms with Crippen molar-refractivity contribution < 1.29 is 4.74 Å². The minimum absolute atomic E-state index is 0.421. The van der Waals surface area contributed by atoms with Crippen LogP contribution in [0, 0.1) is 5.92 Å². The maximum atomic E-state index is 5.65. The molecular weight excluding hydrogens is 192 g/mol. The molecule has 0 aliphatic carbocycles. The predicted octanol–water partition coefficient (Wildman–Crippen LogP) is 3.30. The fourth-order valence-corrected chi connectivity index (χ4v) is 2.83. The second kappa shape index (κ2) is 4.85. The summed E-state index contributed by atoms with van der Waals surface area (Å²) < 4.78 is 5.65. The predicted molar refractivity (Wildman–Crippen MR) is 61.3 cm³/mol. The SMILES string of the molecule is C[C@H]1COC(SCc2ccccc2)C1. The highest BCUT2D eigenvalue weighted by molar-refractivity contribution is 7.99. The summed E-state index contributed by atoms with van der Waals surface area (Å²) in [5.74, 6) is 1.81. The zero-order chi connectivity index (χ0) is 9.80. The first-order valence-corrected chi connectivity index (χ1v) is 6.16. The van der Waals surface area contributed by atoms with E-state index in [2.05, 4.69) is 37.3 Å². The Kier molecular flexibility index (Phi) is 3.49. The van der Waals surface area contributed by atoms with Crippen LogP contribution in [0.5, 0.6) is 0 Å². The molecule has 0 amide bonds. The highest BCUT2D eigenvalue weighted by Gasteiger charge is 2.21. The van der Waals surface area contributed by atoms with Crippen LogP contribution in [-0.2, 0) is 10.5 Å². The van der Waals surface area contributed by atoms with Gasteiger partial charge in [-0.05, 0) is 17.9 Å². The van der Waals surface area contributed by atoms with Crippen molar-refractivity contribution in [2.45, 2.75) is 24.5 Å². The molecule has 1 aliphatic rings. The molecule has 76 valence electrons. The molecule has 0 saturated carbocycles. The van der Waals surface area contributed by atoms with Gasteiger partial charge in [0.05, 0.1) is 6.61 Å². The molecule has 1 nitrogen and oxygen atoms in total. The lowest BCUT2D eigenvalue weighted by Crippen LogP contribution is -1.98. The summed E-state index contributed by atoms with van der Waals surface area (Å²) in [5, 5.41) is 0. The van der Waals surface area contributed by atoms with Gasteiger partial charge in [-0.25, -0.2) is 0 Å². The second-order valence-corrected chi connectivity index (χ2v) is 5.05. The van der Waals surface area contributed by atoms with Crippen LogP contribution in [0.3, 0.4) is 0 Å². The van der Waals surface area contributed by atoms with E-state index >= 15 is 0 Å². The number of hydrogen-bond acceptors (Lipinski definition) is 2. The van der Waals surface area contributed by atoms with Crippen LogP contribution in [0.15, 0.2) is 30.3 Å². The average Bonchev–Trinajstić information content (AvgIpc) is 2.63. The molecule has 1 heterocycles. The van der Waals surface area contributed by atoms with Crippen molar-refractivity contribution in [3.8, 4) is 0 Å². The van der Waals surface area contributed by atoms with Crippen LogP contribution < -0.4 is 0 Å². The van der Waals surface area contributed by atoms with Gasteiger partial charge in [-0.15, -0.1) is 11.8 Å². The van der Waals surface area contributed by atoms with Gasteiger partial charge in [0.2, 0.25) is 0 Å². The van der Waals surface area contributed by atoms with Gasteiger partial charge in [0.15, 0.2) is 0 Å². The van der Waals surface area contributed by atoms with Gasteiger partial charge in [-0.3, -0.25) is 0 Å². The summed E-state index contributed by atoms with van der Waals surface area (Å²) >= 11 is 1.92. The fourth-order valence-electron chi connectivity index (χ4n) is 1.62. The molecule has 0 bridgehead atoms. The monoisotopic (exact) mass is 208 g/mol. The van der Waals surface area contributed by atoms with Crippen molar-refractivity contribution in [3.63, 3.8) is 0 Å². The van der Waals surface area contributed by atoms with E-state index in [9.17, 15) is 0 Å². The highest BCUT2D eigenvalue weighted by Crippen LogP contribution is 2.29. The van der Waals surface area contributed by atoms with Gasteiger partial charge in [-0.1, -0.05) is 37.3 Å². The third kappa shape index (κ3) is 2.76. The Balaban J connectivity index is 1.78. The Morgan fingerprint density at radius 2 is 2.14 bits per heavy atom. The van der Waals surface area contributed by atoms with Gasteiger partial charge in [0, 0.05) is 5.75 Å². The average molecular weight is 208 g/mol. The molecule has 0 N–H and O–H groups in total. The molecule has 1 saturated heterocycles. The van der Waals surface area contributed by atoms with Crippen LogP contribution in [0.25, 0.3) is 0 Å². The normalized spacial score (nSPS) is 26.6. The molecule has 2 atom stereocenters. The van der Waals surface area contributed by atoms with E-state index in [0.29, 0.717) is 5.44 Å². The first-order chi connectivity index (χ1) is 6.84. The second-order valence-electron chi connectivity index (χ2n) is 3.90. The number of rotatable bonds is 3. The van der Waals surface area contributed by atoms with Crippen molar-refractivity contribution in [2.75, 3.05) is 6.61 Å². The van der Waals surface area contributed by atoms with Crippen molar-refractivity contribution in [2.24, 2.45) is 5.92 Å². The van der Waals surface area contributed by atoms with Crippen LogP contribution >= 0.6 is 11.8 Å². The van der Waals surface area contributed by atoms with Crippen molar-refractivity contribution in [1.29, 1.82) is 0 Å². The molecule has 1 fully saturated rings. The fraction of sp³-hybridized carbons (Fsp3) is 0.500. The molecular formula is C12H16OS. The van der Waals surface area contributed by atoms with Crippen molar-refractivity contribution in [3.05, 3.63) is 35.9 Å². The van der Waals surface area contributed by atoms with Crippen LogP contribution in [0.4, 0.5) is 0 Å². The molecule has 1 aliphatic heterocycles. The molecule has 14 heavy (non-hydrogen) atoms. The first-order valence-electron chi connectivity index (χ1n) is 5.12. The number of benzene rings is 1. The largest absolute Gasteiger partial charge is 0.367 e. The number of ether oxygens (including phenoxy) is 1. The quantitative estimate of drug-likeness (QED) is 0.753. The lowest BCUT2D eigenvalue weighted by atomic mass is 10.2. The third-order valence-corrected chi connectivity index (χ3v) is 3.64. The first kappa shape index (κ1) is 10.1. The van der Waals surface area contributed by atoms with Crippen LogP contribution in [0.2, 0.25) is 0 Å². The molecule has 0 spiro atoms. The Morgan fingerprint density at radius 1 is 1.36 bits per heavy atom. The van der Waals surface area contributed by atoms with E-state index in [1.165, 1.54) is 12.0 Å². The van der Waals surface area contributed by atoms with Crippen molar-refractivity contribution in [1.82, 2.24) is 0 Å². The molecule has 0 radical (unpaired) electrons. The van der Waals surface area contributed by atoms with Crippen LogP contribution in [0.1, 0.15) is 18.9 Å². The van der Waals surface area contributed by atoms with E-state index < -0.39 is 0 Å². The molecule has 2 heteroatoms. The molecule has 1 aromatic rings. The number of thioether (sulfide) groups is 1. The zero-order valence-corrected chi connectivity index (χ0v) is 9.30. The smallest absolute Gasteiger partial charge is 0.103 e. The van der Waals surface area contributed by atoms with E-state index in [0.717, 1.165) is 18.3 Å². The van der Waals surface area contributed by atoms with E-state index in [1.54, 1.807) is 0 Å². The zero-order valence-electron chi connectivity index (χ0n) is 8.48. The van der Waals surface area contributed by atoms with Crippen molar-refractivity contribution >= 4 is 11.8 Å². The third-order valence-electron chi connectivity index (χ3n) is 2.44. The van der Waals surface area contributed by atoms with E-state index in [-0.39, 0.29) is 0 Å².